The van der Waals surface area contributed by atoms with Crippen LogP contribution in [0.1, 0.15) is 30.9 Å². The van der Waals surface area contributed by atoms with Crippen LogP contribution in [0.3, 0.4) is 0 Å². The molecule has 0 saturated carbocycles. The van der Waals surface area contributed by atoms with Gasteiger partial charge in [0.2, 0.25) is 0 Å². The molecule has 1 aromatic carbocycles. The molecule has 1 aromatic rings. The number of esters is 1. The molecule has 6 nitrogen and oxygen atoms in total. The summed E-state index contributed by atoms with van der Waals surface area (Å²) in [4.78, 5) is 18.7. The Hall–Kier alpha value is -1.35. The second-order valence-electron chi connectivity index (χ2n) is 8.12. The van der Waals surface area contributed by atoms with Gasteiger partial charge in [0, 0.05) is 45.3 Å². The lowest BCUT2D eigenvalue weighted by Gasteiger charge is -2.39. The fourth-order valence-electron chi connectivity index (χ4n) is 4.65. The van der Waals surface area contributed by atoms with E-state index in [4.69, 9.17) is 9.47 Å². The SMILES string of the molecule is CN=C(NCC1(c2ccccc2C)CCOCC1)N1CC(C)C(C(=O)OC)C1.I. The minimum absolute atomic E-state index is 0. The zero-order valence-electron chi connectivity index (χ0n) is 17.9. The zero-order chi connectivity index (χ0) is 20.1. The van der Waals surface area contributed by atoms with Gasteiger partial charge in [-0.15, -0.1) is 24.0 Å². The van der Waals surface area contributed by atoms with E-state index in [1.54, 1.807) is 0 Å². The molecular formula is C22H34IN3O3. The van der Waals surface area contributed by atoms with E-state index in [0.29, 0.717) is 6.54 Å². The van der Waals surface area contributed by atoms with Gasteiger partial charge in [-0.25, -0.2) is 0 Å². The molecule has 1 N–H and O–H groups in total. The molecule has 0 radical (unpaired) electrons. The third-order valence-corrected chi connectivity index (χ3v) is 6.38. The van der Waals surface area contributed by atoms with Gasteiger partial charge in [-0.05, 0) is 36.8 Å². The number of rotatable bonds is 4. The summed E-state index contributed by atoms with van der Waals surface area (Å²) in [5, 5.41) is 3.61. The highest BCUT2D eigenvalue weighted by molar-refractivity contribution is 14.0. The highest BCUT2D eigenvalue weighted by Crippen LogP contribution is 2.36. The number of methoxy groups -OCH3 is 1. The highest BCUT2D eigenvalue weighted by Gasteiger charge is 2.39. The van der Waals surface area contributed by atoms with Crippen molar-refractivity contribution in [2.45, 2.75) is 32.1 Å². The number of nitrogens with zero attached hydrogens (tertiary/aromatic N) is 2. The zero-order valence-corrected chi connectivity index (χ0v) is 20.3. The van der Waals surface area contributed by atoms with Crippen molar-refractivity contribution in [3.05, 3.63) is 35.4 Å². The van der Waals surface area contributed by atoms with Crippen LogP contribution in [0.5, 0.6) is 0 Å². The number of hydrogen-bond donors (Lipinski definition) is 1. The summed E-state index contributed by atoms with van der Waals surface area (Å²) in [5.41, 5.74) is 2.75. The molecule has 0 spiro atoms. The van der Waals surface area contributed by atoms with Crippen molar-refractivity contribution in [3.8, 4) is 0 Å². The largest absolute Gasteiger partial charge is 0.469 e. The van der Waals surface area contributed by atoms with Crippen molar-refractivity contribution in [2.75, 3.05) is 47.0 Å². The quantitative estimate of drug-likeness (QED) is 0.289. The van der Waals surface area contributed by atoms with Gasteiger partial charge >= 0.3 is 5.97 Å². The van der Waals surface area contributed by atoms with Gasteiger partial charge in [-0.2, -0.15) is 0 Å². The maximum Gasteiger partial charge on any atom is 0.310 e. The Morgan fingerprint density at radius 2 is 2.00 bits per heavy atom. The van der Waals surface area contributed by atoms with Crippen molar-refractivity contribution in [3.63, 3.8) is 0 Å². The normalized spacial score (nSPS) is 24.0. The predicted octanol–water partition coefficient (Wildman–Crippen LogP) is 2.98. The molecule has 2 heterocycles. The maximum absolute atomic E-state index is 12.0. The van der Waals surface area contributed by atoms with Crippen LogP contribution in [-0.2, 0) is 19.7 Å². The molecule has 162 valence electrons. The second-order valence-corrected chi connectivity index (χ2v) is 8.12. The van der Waals surface area contributed by atoms with Gasteiger partial charge in [0.15, 0.2) is 5.96 Å². The van der Waals surface area contributed by atoms with Crippen LogP contribution in [0.25, 0.3) is 0 Å². The molecule has 2 aliphatic rings. The van der Waals surface area contributed by atoms with Crippen molar-refractivity contribution in [1.82, 2.24) is 10.2 Å². The summed E-state index contributed by atoms with van der Waals surface area (Å²) in [7, 11) is 3.27. The Kier molecular flexibility index (Phi) is 8.75. The van der Waals surface area contributed by atoms with Crippen LogP contribution in [-0.4, -0.2) is 63.8 Å². The van der Waals surface area contributed by atoms with Gasteiger partial charge in [0.25, 0.3) is 0 Å². The van der Waals surface area contributed by atoms with Gasteiger partial charge < -0.3 is 19.7 Å². The van der Waals surface area contributed by atoms with Crippen molar-refractivity contribution < 1.29 is 14.3 Å². The number of aryl methyl sites for hydroxylation is 1. The van der Waals surface area contributed by atoms with Gasteiger partial charge in [-0.3, -0.25) is 9.79 Å². The van der Waals surface area contributed by atoms with Crippen molar-refractivity contribution in [2.24, 2.45) is 16.8 Å². The standard InChI is InChI=1S/C22H33N3O3.HI/c1-16-7-5-6-8-19(16)22(9-11-28-12-10-22)15-24-21(23-3)25-13-17(2)18(14-25)20(26)27-4;/h5-8,17-18H,9-15H2,1-4H3,(H,23,24);1H. The molecule has 2 unspecified atom stereocenters. The van der Waals surface area contributed by atoms with Gasteiger partial charge in [-0.1, -0.05) is 31.2 Å². The summed E-state index contributed by atoms with van der Waals surface area (Å²) in [6.45, 7) is 8.10. The fraction of sp³-hybridized carbons (Fsp3) is 0.636. The number of halogens is 1. The third kappa shape index (κ3) is 5.23. The molecule has 2 fully saturated rings. The van der Waals surface area contributed by atoms with Crippen molar-refractivity contribution >= 4 is 35.9 Å². The Morgan fingerprint density at radius 3 is 2.62 bits per heavy atom. The number of likely N-dealkylation sites (tertiary alicyclic amines) is 1. The van der Waals surface area contributed by atoms with Gasteiger partial charge in [0.1, 0.15) is 0 Å². The lowest BCUT2D eigenvalue weighted by atomic mass is 9.72. The summed E-state index contributed by atoms with van der Waals surface area (Å²) in [6, 6.07) is 8.65. The van der Waals surface area contributed by atoms with E-state index in [-0.39, 0.29) is 47.2 Å². The first kappa shape index (κ1) is 23.9. The van der Waals surface area contributed by atoms with Crippen LogP contribution in [0.4, 0.5) is 0 Å². The molecule has 2 aliphatic heterocycles. The molecule has 0 amide bonds. The number of carbonyl (C=O) groups excluding carboxylic acids is 1. The first-order chi connectivity index (χ1) is 13.5. The molecule has 0 bridgehead atoms. The summed E-state index contributed by atoms with van der Waals surface area (Å²) in [5.74, 6) is 0.875. The first-order valence-electron chi connectivity index (χ1n) is 10.2. The number of nitrogens with one attached hydrogen (secondary N) is 1. The highest BCUT2D eigenvalue weighted by atomic mass is 127. The lowest BCUT2D eigenvalue weighted by Crippen LogP contribution is -2.49. The smallest absolute Gasteiger partial charge is 0.310 e. The molecule has 7 heteroatoms. The monoisotopic (exact) mass is 515 g/mol. The van der Waals surface area contributed by atoms with Crippen LogP contribution in [0.2, 0.25) is 0 Å². The molecule has 2 atom stereocenters. The second kappa shape index (κ2) is 10.6. The number of benzene rings is 1. The van der Waals surface area contributed by atoms with E-state index >= 15 is 0 Å². The Morgan fingerprint density at radius 1 is 1.31 bits per heavy atom. The van der Waals surface area contributed by atoms with Crippen LogP contribution >= 0.6 is 24.0 Å². The molecular weight excluding hydrogens is 481 g/mol. The number of ether oxygens (including phenoxy) is 2. The van der Waals surface area contributed by atoms with E-state index < -0.39 is 0 Å². The third-order valence-electron chi connectivity index (χ3n) is 6.38. The molecule has 3 rings (SSSR count). The number of carbonyl (C=O) groups is 1. The topological polar surface area (TPSA) is 63.2 Å². The number of hydrogen-bond acceptors (Lipinski definition) is 4. The van der Waals surface area contributed by atoms with Gasteiger partial charge in [0.05, 0.1) is 13.0 Å². The maximum atomic E-state index is 12.0. The number of aliphatic imine (C=N–C) groups is 1. The summed E-state index contributed by atoms with van der Waals surface area (Å²) < 4.78 is 10.6. The van der Waals surface area contributed by atoms with E-state index in [1.165, 1.54) is 18.2 Å². The van der Waals surface area contributed by atoms with E-state index in [2.05, 4.69) is 53.3 Å². The molecule has 0 aliphatic carbocycles. The minimum Gasteiger partial charge on any atom is -0.469 e. The Labute approximate surface area is 191 Å². The summed E-state index contributed by atoms with van der Waals surface area (Å²) in [6.07, 6.45) is 1.98. The first-order valence-corrected chi connectivity index (χ1v) is 10.2. The average Bonchev–Trinajstić information content (AvgIpc) is 3.10. The van der Waals surface area contributed by atoms with E-state index in [1.807, 2.05) is 7.05 Å². The minimum atomic E-state index is -0.133. The molecule has 29 heavy (non-hydrogen) atoms. The van der Waals surface area contributed by atoms with E-state index in [9.17, 15) is 4.79 Å². The van der Waals surface area contributed by atoms with Crippen molar-refractivity contribution in [1.29, 1.82) is 0 Å². The fourth-order valence-corrected chi connectivity index (χ4v) is 4.65. The lowest BCUT2D eigenvalue weighted by molar-refractivity contribution is -0.145. The summed E-state index contributed by atoms with van der Waals surface area (Å²) >= 11 is 0. The van der Waals surface area contributed by atoms with Crippen LogP contribution in [0, 0.1) is 18.8 Å². The Bertz CT molecular complexity index is 719. The number of guanidine groups is 1. The van der Waals surface area contributed by atoms with Crippen LogP contribution in [0.15, 0.2) is 29.3 Å². The van der Waals surface area contributed by atoms with E-state index in [0.717, 1.165) is 45.1 Å². The predicted molar refractivity (Wildman–Crippen MR) is 126 cm³/mol. The molecule has 0 aromatic heterocycles. The average molecular weight is 515 g/mol. The molecule has 2 saturated heterocycles. The van der Waals surface area contributed by atoms with Crippen LogP contribution < -0.4 is 5.32 Å². The Balaban J connectivity index is 0.00000300.